The van der Waals surface area contributed by atoms with E-state index >= 15 is 0 Å². The third-order valence-electron chi connectivity index (χ3n) is 6.22. The Hall–Kier alpha value is -2.82. The lowest BCUT2D eigenvalue weighted by molar-refractivity contribution is -0.137. The molecule has 2 aliphatic heterocycles. The number of carbonyl (C=O) groups is 4. The van der Waals surface area contributed by atoms with Crippen molar-refractivity contribution in [3.8, 4) is 0 Å². The lowest BCUT2D eigenvalue weighted by Gasteiger charge is -2.29. The van der Waals surface area contributed by atoms with Gasteiger partial charge in [0.15, 0.2) is 0 Å². The van der Waals surface area contributed by atoms with Gasteiger partial charge in [-0.3, -0.25) is 24.5 Å². The first-order valence-electron chi connectivity index (χ1n) is 12.8. The molecule has 198 valence electrons. The van der Waals surface area contributed by atoms with Gasteiger partial charge >= 0.3 is 0 Å². The van der Waals surface area contributed by atoms with Crippen molar-refractivity contribution in [1.82, 2.24) is 10.2 Å². The highest BCUT2D eigenvalue weighted by Gasteiger charge is 2.39. The third kappa shape index (κ3) is 8.11. The standard InChI is InChI=1S/C26H37N3O7/c1-2-3-4-5-12-34-14-16-36-17-15-35-13-11-24(31)27-21-8-6-7-19-20(21)18-29(26(19)33)22-9-10-23(30)28-25(22)32/h6-8,22H,2-5,9-18H2,1H3,(H,27,31)(H,28,30,32). The van der Waals surface area contributed by atoms with Gasteiger partial charge in [-0.05, 0) is 25.0 Å². The number of unbranched alkanes of at least 4 members (excludes halogenated alkanes) is 3. The first-order chi connectivity index (χ1) is 17.5. The molecule has 0 aromatic heterocycles. The van der Waals surface area contributed by atoms with Gasteiger partial charge in [0.1, 0.15) is 6.04 Å². The van der Waals surface area contributed by atoms with Crippen LogP contribution in [0.5, 0.6) is 0 Å². The Balaban J connectivity index is 1.32. The molecule has 0 saturated carbocycles. The summed E-state index contributed by atoms with van der Waals surface area (Å²) in [5, 5.41) is 5.14. The Labute approximate surface area is 212 Å². The Bertz CT molecular complexity index is 921. The summed E-state index contributed by atoms with van der Waals surface area (Å²) in [4.78, 5) is 50.4. The summed E-state index contributed by atoms with van der Waals surface area (Å²) >= 11 is 0. The summed E-state index contributed by atoms with van der Waals surface area (Å²) in [5.74, 6) is -1.30. The molecule has 1 unspecified atom stereocenters. The van der Waals surface area contributed by atoms with Crippen LogP contribution in [-0.4, -0.2) is 74.2 Å². The van der Waals surface area contributed by atoms with Gasteiger partial charge in [-0.2, -0.15) is 0 Å². The molecule has 1 aromatic rings. The summed E-state index contributed by atoms with van der Waals surface area (Å²) in [5.41, 5.74) is 1.66. The highest BCUT2D eigenvalue weighted by molar-refractivity contribution is 6.06. The van der Waals surface area contributed by atoms with Crippen molar-refractivity contribution in [2.24, 2.45) is 0 Å². The number of piperidine rings is 1. The lowest BCUT2D eigenvalue weighted by atomic mass is 10.0. The van der Waals surface area contributed by atoms with Crippen molar-refractivity contribution >= 4 is 29.3 Å². The van der Waals surface area contributed by atoms with Gasteiger partial charge in [0.25, 0.3) is 5.91 Å². The fourth-order valence-electron chi connectivity index (χ4n) is 4.25. The molecule has 1 fully saturated rings. The zero-order valence-corrected chi connectivity index (χ0v) is 21.0. The molecule has 2 heterocycles. The van der Waals surface area contributed by atoms with E-state index in [1.165, 1.54) is 24.2 Å². The maximum Gasteiger partial charge on any atom is 0.255 e. The minimum absolute atomic E-state index is 0.162. The fraction of sp³-hybridized carbons (Fsp3) is 0.615. The monoisotopic (exact) mass is 503 g/mol. The van der Waals surface area contributed by atoms with Gasteiger partial charge < -0.3 is 24.4 Å². The molecule has 1 atom stereocenters. The van der Waals surface area contributed by atoms with Gasteiger partial charge in [0, 0.05) is 36.4 Å². The van der Waals surface area contributed by atoms with E-state index in [1.807, 2.05) is 0 Å². The SMILES string of the molecule is CCCCCCOCCOCCOCCC(=O)Nc1cccc2c1CN(C1CCC(=O)NC1=O)C2=O. The first-order valence-corrected chi connectivity index (χ1v) is 12.8. The topological polar surface area (TPSA) is 123 Å². The molecule has 10 nitrogen and oxygen atoms in total. The molecule has 1 saturated heterocycles. The fourth-order valence-corrected chi connectivity index (χ4v) is 4.25. The van der Waals surface area contributed by atoms with Crippen LogP contribution in [0.4, 0.5) is 5.69 Å². The van der Waals surface area contributed by atoms with Crippen LogP contribution in [0.3, 0.4) is 0 Å². The molecular weight excluding hydrogens is 466 g/mol. The molecule has 2 N–H and O–H groups in total. The van der Waals surface area contributed by atoms with E-state index in [0.717, 1.165) is 13.0 Å². The van der Waals surface area contributed by atoms with Gasteiger partial charge in [-0.25, -0.2) is 0 Å². The second-order valence-electron chi connectivity index (χ2n) is 8.93. The molecule has 0 bridgehead atoms. The highest BCUT2D eigenvalue weighted by Crippen LogP contribution is 2.32. The van der Waals surface area contributed by atoms with Gasteiger partial charge in [-0.15, -0.1) is 0 Å². The number of nitrogens with zero attached hydrogens (tertiary/aromatic N) is 1. The molecule has 2 aliphatic rings. The number of carbonyl (C=O) groups excluding carboxylic acids is 4. The van der Waals surface area contributed by atoms with Crippen molar-refractivity contribution in [3.05, 3.63) is 29.3 Å². The van der Waals surface area contributed by atoms with Gasteiger partial charge in [-0.1, -0.05) is 32.3 Å². The van der Waals surface area contributed by atoms with E-state index in [-0.39, 0.29) is 43.7 Å². The molecular formula is C26H37N3O7. The Morgan fingerprint density at radius 2 is 1.72 bits per heavy atom. The summed E-state index contributed by atoms with van der Waals surface area (Å²) in [7, 11) is 0. The summed E-state index contributed by atoms with van der Waals surface area (Å²) in [6, 6.07) is 4.42. The number of benzene rings is 1. The van der Waals surface area contributed by atoms with Crippen LogP contribution < -0.4 is 10.6 Å². The van der Waals surface area contributed by atoms with Gasteiger partial charge in [0.2, 0.25) is 17.7 Å². The van der Waals surface area contributed by atoms with Crippen molar-refractivity contribution in [2.45, 2.75) is 64.5 Å². The maximum absolute atomic E-state index is 12.9. The molecule has 10 heteroatoms. The highest BCUT2D eigenvalue weighted by atomic mass is 16.5. The number of nitrogens with one attached hydrogen (secondary N) is 2. The quantitative estimate of drug-likeness (QED) is 0.262. The zero-order valence-electron chi connectivity index (χ0n) is 21.0. The average Bonchev–Trinajstić information content (AvgIpc) is 3.19. The van der Waals surface area contributed by atoms with E-state index in [2.05, 4.69) is 17.6 Å². The molecule has 0 spiro atoms. The predicted octanol–water partition coefficient (Wildman–Crippen LogP) is 2.41. The Morgan fingerprint density at radius 3 is 2.44 bits per heavy atom. The van der Waals surface area contributed by atoms with E-state index in [0.29, 0.717) is 49.7 Å². The van der Waals surface area contributed by atoms with Gasteiger partial charge in [0.05, 0.1) is 39.5 Å². The number of hydrogen-bond acceptors (Lipinski definition) is 7. The Morgan fingerprint density at radius 1 is 1.00 bits per heavy atom. The number of ether oxygens (including phenoxy) is 3. The third-order valence-corrected chi connectivity index (χ3v) is 6.22. The summed E-state index contributed by atoms with van der Waals surface area (Å²) in [6.45, 7) is 5.31. The van der Waals surface area contributed by atoms with E-state index in [1.54, 1.807) is 18.2 Å². The zero-order chi connectivity index (χ0) is 25.8. The van der Waals surface area contributed by atoms with Crippen molar-refractivity contribution < 1.29 is 33.4 Å². The molecule has 3 rings (SSSR count). The van der Waals surface area contributed by atoms with Crippen LogP contribution in [0.25, 0.3) is 0 Å². The minimum atomic E-state index is -0.695. The number of imide groups is 1. The van der Waals surface area contributed by atoms with Crippen LogP contribution >= 0.6 is 0 Å². The van der Waals surface area contributed by atoms with E-state index in [4.69, 9.17) is 14.2 Å². The molecule has 0 radical (unpaired) electrons. The number of amides is 4. The number of hydrogen-bond donors (Lipinski definition) is 2. The summed E-state index contributed by atoms with van der Waals surface area (Å²) < 4.78 is 16.5. The molecule has 1 aromatic carbocycles. The number of rotatable bonds is 16. The predicted molar refractivity (Wildman–Crippen MR) is 132 cm³/mol. The van der Waals surface area contributed by atoms with Crippen LogP contribution in [0, 0.1) is 0 Å². The molecule has 0 aliphatic carbocycles. The van der Waals surface area contributed by atoms with Crippen molar-refractivity contribution in [2.75, 3.05) is 45.0 Å². The van der Waals surface area contributed by atoms with E-state index < -0.39 is 11.9 Å². The molecule has 4 amide bonds. The van der Waals surface area contributed by atoms with Crippen LogP contribution in [0.2, 0.25) is 0 Å². The number of anilines is 1. The molecule has 36 heavy (non-hydrogen) atoms. The smallest absolute Gasteiger partial charge is 0.255 e. The average molecular weight is 504 g/mol. The largest absolute Gasteiger partial charge is 0.379 e. The van der Waals surface area contributed by atoms with Crippen molar-refractivity contribution in [3.63, 3.8) is 0 Å². The summed E-state index contributed by atoms with van der Waals surface area (Å²) in [6.07, 6.45) is 5.38. The van der Waals surface area contributed by atoms with Crippen LogP contribution in [-0.2, 0) is 35.1 Å². The second-order valence-corrected chi connectivity index (χ2v) is 8.93. The second kappa shape index (κ2) is 14.7. The van der Waals surface area contributed by atoms with Crippen molar-refractivity contribution in [1.29, 1.82) is 0 Å². The maximum atomic E-state index is 12.9. The van der Waals surface area contributed by atoms with Crippen LogP contribution in [0.1, 0.15) is 67.8 Å². The van der Waals surface area contributed by atoms with E-state index in [9.17, 15) is 19.2 Å². The minimum Gasteiger partial charge on any atom is -0.379 e. The lowest BCUT2D eigenvalue weighted by Crippen LogP contribution is -2.52. The Kier molecular flexibility index (Phi) is 11.3. The first kappa shape index (κ1) is 27.8. The normalized spacial score (nSPS) is 17.3. The number of fused-ring (bicyclic) bond motifs is 1. The van der Waals surface area contributed by atoms with Crippen LogP contribution in [0.15, 0.2) is 18.2 Å².